The van der Waals surface area contributed by atoms with Crippen LogP contribution in [0.5, 0.6) is 5.75 Å². The number of ether oxygens (including phenoxy) is 1. The van der Waals surface area contributed by atoms with E-state index in [0.29, 0.717) is 30.4 Å². The number of aliphatic imine (C=N–C) groups is 1. The fraction of sp³-hybridized carbons (Fsp3) is 0.462. The van der Waals surface area contributed by atoms with Gasteiger partial charge in [0.15, 0.2) is 12.6 Å². The van der Waals surface area contributed by atoms with Gasteiger partial charge in [0.1, 0.15) is 5.75 Å². The molecule has 2 aliphatic rings. The minimum absolute atomic E-state index is 0. The number of rotatable bonds is 9. The van der Waals surface area contributed by atoms with E-state index >= 15 is 0 Å². The van der Waals surface area contributed by atoms with Gasteiger partial charge in [-0.15, -0.1) is 24.0 Å². The summed E-state index contributed by atoms with van der Waals surface area (Å²) in [6.07, 6.45) is 4.84. The molecule has 2 unspecified atom stereocenters. The molecule has 4 N–H and O–H groups in total. The minimum Gasteiger partial charge on any atom is -0.484 e. The number of fused-ring (bicyclic) bond motifs is 2. The summed E-state index contributed by atoms with van der Waals surface area (Å²) in [5, 5.41) is 7.08. The molecule has 0 aliphatic carbocycles. The molecule has 8 heteroatoms. The summed E-state index contributed by atoms with van der Waals surface area (Å²) >= 11 is 0. The summed E-state index contributed by atoms with van der Waals surface area (Å²) in [7, 11) is 0. The molecule has 2 atom stereocenters. The lowest BCUT2D eigenvalue weighted by molar-refractivity contribution is -0.119. The third-order valence-electron chi connectivity index (χ3n) is 6.48. The van der Waals surface area contributed by atoms with E-state index in [-0.39, 0.29) is 30.6 Å². The quantitative estimate of drug-likeness (QED) is 0.242. The summed E-state index contributed by atoms with van der Waals surface area (Å²) in [6, 6.07) is 20.1. The first-order valence-electron chi connectivity index (χ1n) is 11.9. The van der Waals surface area contributed by atoms with Crippen LogP contribution in [-0.2, 0) is 17.9 Å². The summed E-state index contributed by atoms with van der Waals surface area (Å²) < 4.78 is 5.41. The van der Waals surface area contributed by atoms with Crippen molar-refractivity contribution in [1.82, 2.24) is 15.5 Å². The number of halogens is 1. The number of piperidine rings is 1. The molecular weight excluding hydrogens is 541 g/mol. The van der Waals surface area contributed by atoms with Crippen molar-refractivity contribution in [3.63, 3.8) is 0 Å². The van der Waals surface area contributed by atoms with Crippen molar-refractivity contribution in [1.29, 1.82) is 0 Å². The number of amides is 1. The van der Waals surface area contributed by atoms with Crippen LogP contribution in [0, 0.1) is 0 Å². The van der Waals surface area contributed by atoms with E-state index in [0.717, 1.165) is 37.5 Å². The molecule has 2 fully saturated rings. The second-order valence-electron chi connectivity index (χ2n) is 8.95. The maximum atomic E-state index is 11.0. The number of primary amides is 1. The zero-order valence-corrected chi connectivity index (χ0v) is 22.1. The third-order valence-corrected chi connectivity index (χ3v) is 6.48. The van der Waals surface area contributed by atoms with Gasteiger partial charge in [-0.05, 0) is 55.9 Å². The predicted octanol–water partition coefficient (Wildman–Crippen LogP) is 3.42. The van der Waals surface area contributed by atoms with Crippen LogP contribution in [0.15, 0.2) is 59.6 Å². The number of nitrogens with zero attached hydrogens (tertiary/aromatic N) is 2. The van der Waals surface area contributed by atoms with E-state index in [1.165, 1.54) is 18.4 Å². The Balaban J connectivity index is 0.00000324. The first-order valence-corrected chi connectivity index (χ1v) is 11.9. The molecule has 1 amide bonds. The molecule has 2 bridgehead atoms. The highest BCUT2D eigenvalue weighted by Crippen LogP contribution is 2.36. The Hall–Kier alpha value is -2.33. The van der Waals surface area contributed by atoms with Gasteiger partial charge in [0, 0.05) is 31.2 Å². The lowest BCUT2D eigenvalue weighted by atomic mass is 9.96. The number of nitrogens with two attached hydrogens (primary N) is 1. The number of carbonyl (C=O) groups is 1. The molecule has 2 saturated heterocycles. The Kier molecular flexibility index (Phi) is 10.0. The van der Waals surface area contributed by atoms with Crippen LogP contribution < -0.4 is 21.1 Å². The zero-order valence-electron chi connectivity index (χ0n) is 19.8. The van der Waals surface area contributed by atoms with Gasteiger partial charge in [-0.25, -0.2) is 4.99 Å². The molecule has 0 saturated carbocycles. The Morgan fingerprint density at radius 2 is 1.79 bits per heavy atom. The number of guanidine groups is 1. The average Bonchev–Trinajstić information content (AvgIpc) is 3.04. The molecule has 2 aromatic carbocycles. The molecule has 0 spiro atoms. The summed E-state index contributed by atoms with van der Waals surface area (Å²) in [5.74, 6) is 0.990. The highest BCUT2D eigenvalue weighted by atomic mass is 127. The van der Waals surface area contributed by atoms with Crippen LogP contribution in [0.2, 0.25) is 0 Å². The van der Waals surface area contributed by atoms with Crippen molar-refractivity contribution < 1.29 is 9.53 Å². The highest BCUT2D eigenvalue weighted by molar-refractivity contribution is 14.0. The lowest BCUT2D eigenvalue weighted by Crippen LogP contribution is -2.52. The van der Waals surface area contributed by atoms with Crippen molar-refractivity contribution in [2.45, 2.75) is 63.8 Å². The van der Waals surface area contributed by atoms with Gasteiger partial charge in [-0.3, -0.25) is 9.69 Å². The molecule has 34 heavy (non-hydrogen) atoms. The predicted molar refractivity (Wildman–Crippen MR) is 146 cm³/mol. The lowest BCUT2D eigenvalue weighted by Gasteiger charge is -2.39. The first kappa shape index (κ1) is 26.3. The highest BCUT2D eigenvalue weighted by Gasteiger charge is 2.40. The number of hydrogen-bond acceptors (Lipinski definition) is 4. The smallest absolute Gasteiger partial charge is 0.255 e. The average molecular weight is 578 g/mol. The molecule has 0 aromatic heterocycles. The monoisotopic (exact) mass is 577 g/mol. The molecular formula is C26H36IN5O2. The van der Waals surface area contributed by atoms with Gasteiger partial charge < -0.3 is 21.1 Å². The van der Waals surface area contributed by atoms with E-state index in [4.69, 9.17) is 15.5 Å². The third kappa shape index (κ3) is 7.33. The van der Waals surface area contributed by atoms with Crippen LogP contribution >= 0.6 is 24.0 Å². The van der Waals surface area contributed by atoms with Crippen LogP contribution in [0.25, 0.3) is 0 Å². The standard InChI is InChI=1S/C26H35N5O2.HI/c1-2-28-26(29-16-20-9-6-10-24(13-20)33-18-25(27)32)30-21-14-22-11-12-23(15-21)31(22)17-19-7-4-3-5-8-19;/h3-10,13,21-23H,2,11-12,14-18H2,1H3,(H2,27,32)(H2,28,29,30);1H. The minimum atomic E-state index is -0.485. The van der Waals surface area contributed by atoms with Crippen molar-refractivity contribution in [3.8, 4) is 5.75 Å². The molecule has 2 aromatic rings. The van der Waals surface area contributed by atoms with Gasteiger partial charge >= 0.3 is 0 Å². The van der Waals surface area contributed by atoms with E-state index < -0.39 is 5.91 Å². The van der Waals surface area contributed by atoms with Crippen molar-refractivity contribution in [2.24, 2.45) is 10.7 Å². The SMILES string of the molecule is CCNC(=NCc1cccc(OCC(N)=O)c1)NC1CC2CCC(C1)N2Cc1ccccc1.I. The largest absolute Gasteiger partial charge is 0.484 e. The topological polar surface area (TPSA) is 92.0 Å². The summed E-state index contributed by atoms with van der Waals surface area (Å²) in [6.45, 7) is 4.35. The van der Waals surface area contributed by atoms with Crippen LogP contribution in [-0.4, -0.2) is 48.0 Å². The van der Waals surface area contributed by atoms with Crippen molar-refractivity contribution >= 4 is 35.8 Å². The van der Waals surface area contributed by atoms with Gasteiger partial charge in [0.2, 0.25) is 0 Å². The number of hydrogen-bond donors (Lipinski definition) is 3. The molecule has 184 valence electrons. The second-order valence-corrected chi connectivity index (χ2v) is 8.95. The molecule has 2 aliphatic heterocycles. The fourth-order valence-electron chi connectivity index (χ4n) is 5.02. The summed E-state index contributed by atoms with van der Waals surface area (Å²) in [5.41, 5.74) is 7.59. The van der Waals surface area contributed by atoms with Crippen molar-refractivity contribution in [2.75, 3.05) is 13.2 Å². The van der Waals surface area contributed by atoms with Crippen LogP contribution in [0.3, 0.4) is 0 Å². The molecule has 2 heterocycles. The zero-order chi connectivity index (χ0) is 23.0. The van der Waals surface area contributed by atoms with Gasteiger partial charge in [0.05, 0.1) is 6.54 Å². The number of benzene rings is 2. The number of carbonyl (C=O) groups excluding carboxylic acids is 1. The maximum absolute atomic E-state index is 11.0. The van der Waals surface area contributed by atoms with E-state index in [2.05, 4.69) is 52.8 Å². The van der Waals surface area contributed by atoms with Gasteiger partial charge in [0.25, 0.3) is 5.91 Å². The van der Waals surface area contributed by atoms with E-state index in [1.54, 1.807) is 0 Å². The molecule has 0 radical (unpaired) electrons. The first-order chi connectivity index (χ1) is 16.1. The van der Waals surface area contributed by atoms with Crippen LogP contribution in [0.4, 0.5) is 0 Å². The molecule has 7 nitrogen and oxygen atoms in total. The second kappa shape index (κ2) is 12.9. The Morgan fingerprint density at radius 1 is 1.09 bits per heavy atom. The van der Waals surface area contributed by atoms with Crippen molar-refractivity contribution in [3.05, 3.63) is 65.7 Å². The van der Waals surface area contributed by atoms with E-state index in [1.807, 2.05) is 24.3 Å². The number of nitrogens with one attached hydrogen (secondary N) is 2. The Bertz CT molecular complexity index is 941. The Labute approximate surface area is 219 Å². The maximum Gasteiger partial charge on any atom is 0.255 e. The van der Waals surface area contributed by atoms with Gasteiger partial charge in [-0.2, -0.15) is 0 Å². The molecule has 4 rings (SSSR count). The summed E-state index contributed by atoms with van der Waals surface area (Å²) in [4.78, 5) is 18.5. The Morgan fingerprint density at radius 3 is 2.47 bits per heavy atom. The fourth-order valence-corrected chi connectivity index (χ4v) is 5.02. The normalized spacial score (nSPS) is 22.0. The van der Waals surface area contributed by atoms with E-state index in [9.17, 15) is 4.79 Å². The van der Waals surface area contributed by atoms with Crippen LogP contribution in [0.1, 0.15) is 43.7 Å². The van der Waals surface area contributed by atoms with Gasteiger partial charge in [-0.1, -0.05) is 42.5 Å².